The fourth-order valence-corrected chi connectivity index (χ4v) is 11.0. The van der Waals surface area contributed by atoms with Gasteiger partial charge in [0.2, 0.25) is 5.91 Å². The summed E-state index contributed by atoms with van der Waals surface area (Å²) in [6, 6.07) is 31.9. The largest absolute Gasteiger partial charge is 0.481 e. The van der Waals surface area contributed by atoms with Crippen molar-refractivity contribution >= 4 is 24.7 Å². The van der Waals surface area contributed by atoms with Crippen LogP contribution in [0, 0.1) is 17.3 Å². The maximum atomic E-state index is 14.8. The number of hydrogen-bond acceptors (Lipinski definition) is 7. The highest BCUT2D eigenvalue weighted by atomic mass is 19.4. The molecular weight excluding hydrogens is 832 g/mol. The van der Waals surface area contributed by atoms with Gasteiger partial charge in [-0.1, -0.05) is 124 Å². The molecule has 2 aliphatic heterocycles. The Balaban J connectivity index is 1.04. The Morgan fingerprint density at radius 1 is 0.862 bits per heavy atom. The van der Waals surface area contributed by atoms with Crippen LogP contribution >= 0.6 is 0 Å². The van der Waals surface area contributed by atoms with Crippen LogP contribution in [0.4, 0.5) is 23.7 Å². The minimum Gasteiger partial charge on any atom is -0.404 e. The molecule has 1 saturated heterocycles. The van der Waals surface area contributed by atoms with E-state index in [9.17, 15) is 27.6 Å². The molecule has 2 bridgehead atoms. The second-order valence-corrected chi connectivity index (χ2v) is 19.1. The predicted molar refractivity (Wildman–Crippen MR) is 241 cm³/mol. The van der Waals surface area contributed by atoms with E-state index in [1.807, 2.05) is 97.9 Å². The van der Waals surface area contributed by atoms with Gasteiger partial charge in [-0.25, -0.2) is 9.78 Å². The summed E-state index contributed by atoms with van der Waals surface area (Å²) < 4.78 is 55.3. The van der Waals surface area contributed by atoms with Crippen molar-refractivity contribution in [2.45, 2.75) is 108 Å². The van der Waals surface area contributed by atoms with E-state index in [1.165, 1.54) is 22.9 Å². The fourth-order valence-electron chi connectivity index (χ4n) is 11.0. The average molecular weight is 887 g/mol. The van der Waals surface area contributed by atoms with Crippen molar-refractivity contribution in [1.29, 1.82) is 0 Å². The molecule has 5 aliphatic rings. The Labute approximate surface area is 377 Å². The van der Waals surface area contributed by atoms with Crippen molar-refractivity contribution < 1.29 is 32.1 Å². The van der Waals surface area contributed by atoms with E-state index >= 15 is 0 Å². The molecule has 4 fully saturated rings. The van der Waals surface area contributed by atoms with Gasteiger partial charge < -0.3 is 30.6 Å². The molecule has 2 unspecified atom stereocenters. The maximum absolute atomic E-state index is 14.8. The van der Waals surface area contributed by atoms with Gasteiger partial charge in [-0.3, -0.25) is 14.2 Å². The summed E-state index contributed by atoms with van der Waals surface area (Å²) in [5.41, 5.74) is -1.70. The summed E-state index contributed by atoms with van der Waals surface area (Å²) in [4.78, 5) is 48.9. The molecule has 338 valence electrons. The van der Waals surface area contributed by atoms with Gasteiger partial charge in [0.05, 0.1) is 34.9 Å². The van der Waals surface area contributed by atoms with Crippen LogP contribution in [0.5, 0.6) is 0 Å². The molecule has 3 aliphatic carbocycles. The third-order valence-electron chi connectivity index (χ3n) is 14.7. The quantitative estimate of drug-likeness (QED) is 0.0730. The normalized spacial score (nSPS) is 25.7. The molecule has 0 radical (unpaired) electrons. The Morgan fingerprint density at radius 3 is 2.03 bits per heavy atom. The van der Waals surface area contributed by atoms with Crippen LogP contribution < -0.4 is 26.8 Å². The van der Waals surface area contributed by atoms with Crippen molar-refractivity contribution in [3.8, 4) is 0 Å². The first-order valence-corrected chi connectivity index (χ1v) is 22.4. The molecule has 65 heavy (non-hydrogen) atoms. The van der Waals surface area contributed by atoms with Gasteiger partial charge in [0.1, 0.15) is 23.1 Å². The molecule has 10 rings (SSSR count). The van der Waals surface area contributed by atoms with E-state index in [4.69, 9.17) is 14.3 Å². The standard InChI is InChI=1S/C50H54BF3N6O5/c1-6-40(51-64-41-37-26-36(46(37,2)3)27-48(41,5)65-51)57-42(61)39-28-47(4,44-56-30-38(43(62)60(39)44)55-29-31-17-16-24-35(25-31)50(52,53)54)58-45(63)59-49(32-18-10-7-11-19-32,33-20-12-8-13-21-33)34-22-14-9-15-23-34/h7-25,30,36-37,39-41,55H,6,26-29H2,1-5H3,(H,57,61)(H2,58,59,63)/t36?,37?,39-,40-,41+,47+,48-/m0/s1. The molecule has 1 aromatic heterocycles. The fraction of sp³-hybridized carbons (Fsp3) is 0.400. The number of benzene rings is 4. The van der Waals surface area contributed by atoms with Crippen LogP contribution in [-0.2, 0) is 37.9 Å². The van der Waals surface area contributed by atoms with Gasteiger partial charge in [0.15, 0.2) is 0 Å². The summed E-state index contributed by atoms with van der Waals surface area (Å²) in [6.07, 6.45) is -1.01. The number of carbonyl (C=O) groups excluding carboxylic acids is 2. The molecule has 0 spiro atoms. The SMILES string of the molecule is CC[C@H](NC(=O)[C@@H]1C[C@@](C)(NC(=O)NC(c2ccccc2)(c2ccccc2)c2ccccc2)c2ncc(NCc3cccc(C(F)(F)F)c3)c(=O)n21)B1O[C@@H]2C3CC(C[C@]2(C)O1)C3(C)C. The number of amides is 3. The molecule has 15 heteroatoms. The van der Waals surface area contributed by atoms with Crippen molar-refractivity contribution in [1.82, 2.24) is 25.5 Å². The monoisotopic (exact) mass is 886 g/mol. The summed E-state index contributed by atoms with van der Waals surface area (Å²) >= 11 is 0. The highest BCUT2D eigenvalue weighted by Crippen LogP contribution is 2.64. The molecule has 11 nitrogen and oxygen atoms in total. The first-order valence-electron chi connectivity index (χ1n) is 22.4. The maximum Gasteiger partial charge on any atom is 0.481 e. The summed E-state index contributed by atoms with van der Waals surface area (Å²) in [5, 5.41) is 12.6. The van der Waals surface area contributed by atoms with Gasteiger partial charge in [-0.2, -0.15) is 13.2 Å². The van der Waals surface area contributed by atoms with Crippen LogP contribution in [0.2, 0.25) is 0 Å². The third-order valence-corrected chi connectivity index (χ3v) is 14.7. The Kier molecular flexibility index (Phi) is 11.2. The first kappa shape index (κ1) is 44.3. The van der Waals surface area contributed by atoms with E-state index in [1.54, 1.807) is 6.92 Å². The molecule has 4 aromatic carbocycles. The van der Waals surface area contributed by atoms with Crippen LogP contribution in [0.3, 0.4) is 0 Å². The lowest BCUT2D eigenvalue weighted by atomic mass is 9.45. The van der Waals surface area contributed by atoms with E-state index in [2.05, 4.69) is 42.0 Å². The first-order chi connectivity index (χ1) is 31.0. The van der Waals surface area contributed by atoms with E-state index in [0.717, 1.165) is 41.7 Å². The van der Waals surface area contributed by atoms with Crippen LogP contribution in [0.25, 0.3) is 0 Å². The molecular formula is C50H54BF3N6O5. The number of alkyl halides is 3. The predicted octanol–water partition coefficient (Wildman–Crippen LogP) is 8.49. The van der Waals surface area contributed by atoms with Crippen LogP contribution in [0.15, 0.2) is 126 Å². The summed E-state index contributed by atoms with van der Waals surface area (Å²) in [6.45, 7) is 10.2. The average Bonchev–Trinajstić information content (AvgIpc) is 3.81. The third kappa shape index (κ3) is 7.79. The number of urea groups is 1. The highest BCUT2D eigenvalue weighted by Gasteiger charge is 2.67. The number of hydrogen-bond donors (Lipinski definition) is 4. The minimum atomic E-state index is -4.55. The minimum absolute atomic E-state index is 0.0259. The molecule has 3 amide bonds. The van der Waals surface area contributed by atoms with Gasteiger partial charge in [-0.05, 0) is 84.7 Å². The van der Waals surface area contributed by atoms with Gasteiger partial charge in [0.25, 0.3) is 5.56 Å². The van der Waals surface area contributed by atoms with Gasteiger partial charge in [0, 0.05) is 13.0 Å². The number of nitrogens with zero attached hydrogens (tertiary/aromatic N) is 2. The van der Waals surface area contributed by atoms with Crippen molar-refractivity contribution in [3.63, 3.8) is 0 Å². The van der Waals surface area contributed by atoms with E-state index < -0.39 is 65.0 Å². The molecule has 3 heterocycles. The topological polar surface area (TPSA) is 136 Å². The van der Waals surface area contributed by atoms with Crippen molar-refractivity contribution in [2.24, 2.45) is 17.3 Å². The zero-order chi connectivity index (χ0) is 45.9. The zero-order valence-corrected chi connectivity index (χ0v) is 37.1. The molecule has 3 saturated carbocycles. The number of aromatic nitrogens is 2. The smallest absolute Gasteiger partial charge is 0.404 e. The Bertz CT molecular complexity index is 2540. The van der Waals surface area contributed by atoms with Crippen LogP contribution in [0.1, 0.15) is 100.0 Å². The van der Waals surface area contributed by atoms with Crippen molar-refractivity contribution in [2.75, 3.05) is 5.32 Å². The lowest BCUT2D eigenvalue weighted by molar-refractivity contribution is -0.185. The number of rotatable bonds is 12. The number of nitrogens with one attached hydrogen (secondary N) is 4. The van der Waals surface area contributed by atoms with Gasteiger partial charge in [-0.15, -0.1) is 0 Å². The Morgan fingerprint density at radius 2 is 1.46 bits per heavy atom. The number of halogens is 3. The summed E-state index contributed by atoms with van der Waals surface area (Å²) in [7, 11) is -0.720. The van der Waals surface area contributed by atoms with Crippen LogP contribution in [-0.4, -0.2) is 46.3 Å². The summed E-state index contributed by atoms with van der Waals surface area (Å²) in [5.74, 6) is -0.0656. The zero-order valence-electron chi connectivity index (χ0n) is 37.1. The highest BCUT2D eigenvalue weighted by molar-refractivity contribution is 6.47. The van der Waals surface area contributed by atoms with E-state index in [0.29, 0.717) is 23.8 Å². The second-order valence-electron chi connectivity index (χ2n) is 19.1. The molecule has 5 aromatic rings. The van der Waals surface area contributed by atoms with Crippen molar-refractivity contribution in [3.05, 3.63) is 165 Å². The Hall–Kier alpha value is -5.93. The van der Waals surface area contributed by atoms with E-state index in [-0.39, 0.29) is 36.0 Å². The lowest BCUT2D eigenvalue weighted by Gasteiger charge is -2.63. The number of fused-ring (bicyclic) bond motifs is 1. The molecule has 4 N–H and O–H groups in total. The molecule has 7 atom stereocenters. The number of anilines is 1. The van der Waals surface area contributed by atoms with Gasteiger partial charge >= 0.3 is 19.3 Å². The second kappa shape index (κ2) is 16.5. The lowest BCUT2D eigenvalue weighted by Crippen LogP contribution is -2.63. The number of carbonyl (C=O) groups is 2.